The predicted molar refractivity (Wildman–Crippen MR) is 156 cm³/mol. The number of anilines is 1. The summed E-state index contributed by atoms with van der Waals surface area (Å²) in [4.78, 5) is 37.6. The SMILES string of the molecule is Cc1ncc(Cl)cc1C(=O)N[C@H]1CC[C@H](Cn2c(=O)n(-c3cncc(N4CCOCC4)c3)c3ccccc32)CC1. The molecule has 0 spiro atoms. The number of amides is 1. The molecule has 2 aliphatic rings. The number of ether oxygens (including phenoxy) is 1. The number of carbonyl (C=O) groups excluding carboxylic acids is 1. The summed E-state index contributed by atoms with van der Waals surface area (Å²) >= 11 is 6.06. The smallest absolute Gasteiger partial charge is 0.333 e. The summed E-state index contributed by atoms with van der Waals surface area (Å²) in [5, 5.41) is 3.61. The van der Waals surface area contributed by atoms with E-state index in [0.717, 1.165) is 61.2 Å². The molecule has 0 atom stereocenters. The number of imidazole rings is 1. The van der Waals surface area contributed by atoms with Gasteiger partial charge in [0.25, 0.3) is 5.91 Å². The number of carbonyl (C=O) groups is 1. The molecule has 2 fully saturated rings. The van der Waals surface area contributed by atoms with Crippen LogP contribution in [0.15, 0.2) is 59.8 Å². The van der Waals surface area contributed by atoms with Crippen molar-refractivity contribution in [2.24, 2.45) is 5.92 Å². The molecule has 0 radical (unpaired) electrons. The van der Waals surface area contributed by atoms with E-state index in [1.54, 1.807) is 23.0 Å². The van der Waals surface area contributed by atoms with Crippen molar-refractivity contribution in [1.29, 1.82) is 0 Å². The van der Waals surface area contributed by atoms with Crippen molar-refractivity contribution in [3.05, 3.63) is 81.8 Å². The van der Waals surface area contributed by atoms with Crippen LogP contribution in [-0.4, -0.2) is 57.4 Å². The molecule has 3 aromatic heterocycles. The van der Waals surface area contributed by atoms with E-state index in [0.29, 0.717) is 42.0 Å². The summed E-state index contributed by atoms with van der Waals surface area (Å²) < 4.78 is 9.18. The molecule has 1 N–H and O–H groups in total. The van der Waals surface area contributed by atoms with Crippen molar-refractivity contribution in [2.75, 3.05) is 31.2 Å². The number of rotatable bonds is 6. The molecule has 1 aromatic carbocycles. The Morgan fingerprint density at radius 2 is 1.75 bits per heavy atom. The number of aromatic nitrogens is 4. The van der Waals surface area contributed by atoms with Gasteiger partial charge in [-0.25, -0.2) is 4.79 Å². The summed E-state index contributed by atoms with van der Waals surface area (Å²) in [6.07, 6.45) is 8.74. The van der Waals surface area contributed by atoms with Crippen LogP contribution in [-0.2, 0) is 11.3 Å². The average Bonchev–Trinajstić information content (AvgIpc) is 3.26. The number of para-hydroxylation sites is 2. The molecule has 10 heteroatoms. The fourth-order valence-corrected chi connectivity index (χ4v) is 6.07. The molecule has 208 valence electrons. The van der Waals surface area contributed by atoms with Crippen LogP contribution in [0.25, 0.3) is 16.7 Å². The summed E-state index contributed by atoms with van der Waals surface area (Å²) in [6.45, 7) is 5.44. The third-order valence-electron chi connectivity index (χ3n) is 8.10. The van der Waals surface area contributed by atoms with Crippen LogP contribution in [0.1, 0.15) is 41.7 Å². The van der Waals surface area contributed by atoms with Crippen LogP contribution >= 0.6 is 11.6 Å². The summed E-state index contributed by atoms with van der Waals surface area (Å²) in [7, 11) is 0. The van der Waals surface area contributed by atoms with E-state index in [1.165, 1.54) is 0 Å². The number of fused-ring (bicyclic) bond motifs is 1. The molecule has 1 aliphatic heterocycles. The lowest BCUT2D eigenvalue weighted by molar-refractivity contribution is 0.0919. The highest BCUT2D eigenvalue weighted by molar-refractivity contribution is 6.30. The van der Waals surface area contributed by atoms with Crippen LogP contribution in [0.2, 0.25) is 5.02 Å². The molecule has 4 aromatic rings. The van der Waals surface area contributed by atoms with E-state index < -0.39 is 0 Å². The highest BCUT2D eigenvalue weighted by Crippen LogP contribution is 2.28. The number of hydrogen-bond acceptors (Lipinski definition) is 6. The van der Waals surface area contributed by atoms with Gasteiger partial charge in [0.1, 0.15) is 0 Å². The number of halogens is 1. The third-order valence-corrected chi connectivity index (χ3v) is 8.31. The minimum absolute atomic E-state index is 0.0542. The van der Waals surface area contributed by atoms with Gasteiger partial charge in [0, 0.05) is 31.9 Å². The van der Waals surface area contributed by atoms with Crippen LogP contribution in [0.4, 0.5) is 5.69 Å². The van der Waals surface area contributed by atoms with Gasteiger partial charge in [0.15, 0.2) is 0 Å². The quantitative estimate of drug-likeness (QED) is 0.376. The van der Waals surface area contributed by atoms with Gasteiger partial charge in [0.2, 0.25) is 0 Å². The largest absolute Gasteiger partial charge is 0.378 e. The summed E-state index contributed by atoms with van der Waals surface area (Å²) in [5.74, 6) is 0.209. The van der Waals surface area contributed by atoms with Crippen LogP contribution in [0.3, 0.4) is 0 Å². The molecule has 1 amide bonds. The monoisotopic (exact) mass is 560 g/mol. The molecule has 6 rings (SSSR count). The molecule has 4 heterocycles. The Morgan fingerprint density at radius 1 is 1.02 bits per heavy atom. The van der Waals surface area contributed by atoms with Crippen LogP contribution in [0, 0.1) is 12.8 Å². The first-order valence-electron chi connectivity index (χ1n) is 13.9. The van der Waals surface area contributed by atoms with Crippen molar-refractivity contribution >= 4 is 34.2 Å². The topological polar surface area (TPSA) is 94.3 Å². The Bertz CT molecular complexity index is 1580. The maximum Gasteiger partial charge on any atom is 0.333 e. The maximum absolute atomic E-state index is 13.9. The molecular formula is C30H33ClN6O3. The van der Waals surface area contributed by atoms with Gasteiger partial charge in [-0.3, -0.25) is 23.9 Å². The Labute approximate surface area is 237 Å². The lowest BCUT2D eigenvalue weighted by Gasteiger charge is -2.29. The van der Waals surface area contributed by atoms with Gasteiger partial charge >= 0.3 is 5.69 Å². The van der Waals surface area contributed by atoms with E-state index in [1.807, 2.05) is 48.0 Å². The zero-order chi connectivity index (χ0) is 27.6. The number of nitrogens with zero attached hydrogens (tertiary/aromatic N) is 5. The van der Waals surface area contributed by atoms with Gasteiger partial charge in [-0.05, 0) is 62.8 Å². The van der Waals surface area contributed by atoms with E-state index in [4.69, 9.17) is 16.3 Å². The van der Waals surface area contributed by atoms with Gasteiger partial charge in [-0.1, -0.05) is 23.7 Å². The van der Waals surface area contributed by atoms with Crippen molar-refractivity contribution in [2.45, 2.75) is 45.2 Å². The first-order chi connectivity index (χ1) is 19.5. The van der Waals surface area contributed by atoms with Crippen molar-refractivity contribution in [1.82, 2.24) is 24.4 Å². The molecule has 40 heavy (non-hydrogen) atoms. The fourth-order valence-electron chi connectivity index (χ4n) is 5.92. The number of morpholine rings is 1. The maximum atomic E-state index is 13.9. The Kier molecular flexibility index (Phi) is 7.58. The minimum atomic E-state index is -0.136. The first-order valence-corrected chi connectivity index (χ1v) is 14.3. The van der Waals surface area contributed by atoms with Crippen LogP contribution < -0.4 is 15.9 Å². The van der Waals surface area contributed by atoms with Gasteiger partial charge in [-0.2, -0.15) is 0 Å². The Morgan fingerprint density at radius 3 is 2.52 bits per heavy atom. The van der Waals surface area contributed by atoms with Crippen LogP contribution in [0.5, 0.6) is 0 Å². The van der Waals surface area contributed by atoms with E-state index >= 15 is 0 Å². The molecule has 1 saturated carbocycles. The second-order valence-electron chi connectivity index (χ2n) is 10.7. The highest BCUT2D eigenvalue weighted by atomic mass is 35.5. The molecular weight excluding hydrogens is 528 g/mol. The number of benzene rings is 1. The number of pyridine rings is 2. The van der Waals surface area contributed by atoms with Crippen molar-refractivity contribution in [3.8, 4) is 5.69 Å². The van der Waals surface area contributed by atoms with Crippen molar-refractivity contribution in [3.63, 3.8) is 0 Å². The average molecular weight is 561 g/mol. The van der Waals surface area contributed by atoms with E-state index in [9.17, 15) is 9.59 Å². The lowest BCUT2D eigenvalue weighted by Crippen LogP contribution is -2.39. The minimum Gasteiger partial charge on any atom is -0.378 e. The zero-order valence-corrected chi connectivity index (χ0v) is 23.3. The Hall–Kier alpha value is -3.69. The first kappa shape index (κ1) is 26.5. The van der Waals surface area contributed by atoms with E-state index in [2.05, 4.69) is 20.2 Å². The fraction of sp³-hybridized carbons (Fsp3) is 0.400. The zero-order valence-electron chi connectivity index (χ0n) is 22.6. The second-order valence-corrected chi connectivity index (χ2v) is 11.1. The number of nitrogens with one attached hydrogen (secondary N) is 1. The Balaban J connectivity index is 1.18. The summed E-state index contributed by atoms with van der Waals surface area (Å²) in [5.41, 5.74) is 4.68. The number of hydrogen-bond donors (Lipinski definition) is 1. The third kappa shape index (κ3) is 5.36. The highest BCUT2D eigenvalue weighted by Gasteiger charge is 2.26. The van der Waals surface area contributed by atoms with E-state index in [-0.39, 0.29) is 17.6 Å². The second kappa shape index (κ2) is 11.4. The molecule has 1 aliphatic carbocycles. The van der Waals surface area contributed by atoms with Gasteiger partial charge in [0.05, 0.1) is 64.3 Å². The van der Waals surface area contributed by atoms with Crippen molar-refractivity contribution < 1.29 is 9.53 Å². The lowest BCUT2D eigenvalue weighted by atomic mass is 9.85. The standard InChI is InChI=1S/C30H33ClN6O3/c1-20-26(14-22(31)16-33-20)29(38)34-23-8-6-21(7-9-23)19-36-27-4-2-3-5-28(27)37(30(36)39)25-15-24(17-32-18-25)35-10-12-40-13-11-35/h2-5,14-18,21,23H,6-13,19H2,1H3,(H,34,38)/t21-,23-. The molecule has 1 saturated heterocycles. The summed E-state index contributed by atoms with van der Waals surface area (Å²) in [6, 6.07) is 11.7. The molecule has 0 unspecified atom stereocenters. The number of aryl methyl sites for hydroxylation is 1. The van der Waals surface area contributed by atoms with Gasteiger partial charge < -0.3 is 15.0 Å². The normalized spacial score (nSPS) is 19.6. The predicted octanol–water partition coefficient (Wildman–Crippen LogP) is 4.37. The molecule has 9 nitrogen and oxygen atoms in total. The molecule has 0 bridgehead atoms. The van der Waals surface area contributed by atoms with Gasteiger partial charge in [-0.15, -0.1) is 0 Å².